The molecule has 0 N–H and O–H groups in total. The van der Waals surface area contributed by atoms with Gasteiger partial charge in [0, 0.05) is 32.2 Å². The molecule has 32 heavy (non-hydrogen) atoms. The Balaban J connectivity index is 1.96. The van der Waals surface area contributed by atoms with Gasteiger partial charge in [-0.05, 0) is 50.6 Å². The Morgan fingerprint density at radius 1 is 1.22 bits per heavy atom. The first-order valence-corrected chi connectivity index (χ1v) is 9.95. The number of amides is 1. The largest absolute Gasteiger partial charge is 0.443 e. The van der Waals surface area contributed by atoms with E-state index in [1.807, 2.05) is 29.3 Å². The zero-order valence-electron chi connectivity index (χ0n) is 18.8. The Bertz CT molecular complexity index is 1420. The van der Waals surface area contributed by atoms with Gasteiger partial charge in [0.2, 0.25) is 0 Å². The second kappa shape index (κ2) is 7.34. The molecule has 9 heteroatoms. The van der Waals surface area contributed by atoms with Crippen molar-refractivity contribution < 1.29 is 13.9 Å². The Hall–Kier alpha value is -3.93. The summed E-state index contributed by atoms with van der Waals surface area (Å²) in [7, 11) is 5.26. The standard InChI is InChI=1S/C23H23FN6O2/c1-23(2,3)32-22(31)30(7)21-18-19(28(5)12-26-18)16-11-17(29(6)20(16)27-21)13-8-14(24)10-15(9-13)25-4/h8-12H,1-3,5-7H3. The van der Waals surface area contributed by atoms with Crippen molar-refractivity contribution in [2.45, 2.75) is 26.4 Å². The first-order chi connectivity index (χ1) is 15.0. The number of fused-ring (bicyclic) bond motifs is 3. The molecule has 0 aliphatic heterocycles. The van der Waals surface area contributed by atoms with Crippen molar-refractivity contribution >= 4 is 39.7 Å². The maximum atomic E-state index is 14.1. The summed E-state index contributed by atoms with van der Waals surface area (Å²) in [6.45, 7) is 12.6. The van der Waals surface area contributed by atoms with Gasteiger partial charge in [0.15, 0.2) is 11.5 Å². The van der Waals surface area contributed by atoms with Gasteiger partial charge in [0.05, 0.1) is 18.4 Å². The lowest BCUT2D eigenvalue weighted by Gasteiger charge is -2.24. The quantitative estimate of drug-likeness (QED) is 0.407. The van der Waals surface area contributed by atoms with Crippen LogP contribution in [0.25, 0.3) is 38.2 Å². The highest BCUT2D eigenvalue weighted by molar-refractivity contribution is 6.10. The number of nitrogens with zero attached hydrogens (tertiary/aromatic N) is 6. The molecular formula is C23H23FN6O2. The molecule has 3 heterocycles. The molecule has 0 bridgehead atoms. The molecule has 3 aromatic heterocycles. The maximum absolute atomic E-state index is 14.1. The van der Waals surface area contributed by atoms with Crippen LogP contribution in [-0.2, 0) is 18.8 Å². The van der Waals surface area contributed by atoms with Crippen LogP contribution >= 0.6 is 0 Å². The van der Waals surface area contributed by atoms with Crippen molar-refractivity contribution in [3.8, 4) is 11.3 Å². The molecule has 0 radical (unpaired) electrons. The van der Waals surface area contributed by atoms with Crippen LogP contribution in [0.2, 0.25) is 0 Å². The van der Waals surface area contributed by atoms with Gasteiger partial charge in [-0.15, -0.1) is 0 Å². The zero-order valence-corrected chi connectivity index (χ0v) is 18.8. The normalized spacial score (nSPS) is 11.7. The fourth-order valence-corrected chi connectivity index (χ4v) is 3.68. The Morgan fingerprint density at radius 3 is 2.59 bits per heavy atom. The number of aromatic nitrogens is 4. The van der Waals surface area contributed by atoms with E-state index in [1.165, 1.54) is 17.0 Å². The topological polar surface area (TPSA) is 69.5 Å². The molecular weight excluding hydrogens is 411 g/mol. The molecule has 0 saturated carbocycles. The Labute approximate surface area is 184 Å². The monoisotopic (exact) mass is 434 g/mol. The van der Waals surface area contributed by atoms with E-state index in [4.69, 9.17) is 16.3 Å². The molecule has 0 unspecified atom stereocenters. The number of anilines is 1. The summed E-state index contributed by atoms with van der Waals surface area (Å²) in [4.78, 5) is 26.6. The highest BCUT2D eigenvalue weighted by atomic mass is 19.1. The second-order valence-corrected chi connectivity index (χ2v) is 8.66. The second-order valence-electron chi connectivity index (χ2n) is 8.66. The highest BCUT2D eigenvalue weighted by Gasteiger charge is 2.26. The minimum atomic E-state index is -0.658. The van der Waals surface area contributed by atoms with Crippen LogP contribution in [0, 0.1) is 12.4 Å². The molecule has 1 amide bonds. The van der Waals surface area contributed by atoms with Crippen LogP contribution in [0.4, 0.5) is 20.7 Å². The van der Waals surface area contributed by atoms with Crippen LogP contribution in [-0.4, -0.2) is 37.8 Å². The molecule has 4 rings (SSSR count). The predicted octanol–water partition coefficient (Wildman–Crippen LogP) is 5.19. The number of hydrogen-bond acceptors (Lipinski definition) is 4. The van der Waals surface area contributed by atoms with Crippen LogP contribution in [0.1, 0.15) is 20.8 Å². The number of imidazole rings is 1. The summed E-state index contributed by atoms with van der Waals surface area (Å²) >= 11 is 0. The Kier molecular flexibility index (Phi) is 4.89. The minimum Gasteiger partial charge on any atom is -0.443 e. The number of rotatable bonds is 2. The number of hydrogen-bond donors (Lipinski definition) is 0. The summed E-state index contributed by atoms with van der Waals surface area (Å²) in [6, 6.07) is 6.12. The molecule has 164 valence electrons. The average Bonchev–Trinajstić information content (AvgIpc) is 3.25. The molecule has 1 aromatic carbocycles. The van der Waals surface area contributed by atoms with Gasteiger partial charge in [-0.3, -0.25) is 4.90 Å². The first kappa shape index (κ1) is 21.3. The van der Waals surface area contributed by atoms with Gasteiger partial charge in [0.25, 0.3) is 0 Å². The van der Waals surface area contributed by atoms with Crippen LogP contribution in [0.3, 0.4) is 0 Å². The lowest BCUT2D eigenvalue weighted by molar-refractivity contribution is 0.0588. The summed E-state index contributed by atoms with van der Waals surface area (Å²) in [5.74, 6) is -0.126. The van der Waals surface area contributed by atoms with E-state index < -0.39 is 17.5 Å². The molecule has 0 fully saturated rings. The van der Waals surface area contributed by atoms with Crippen LogP contribution < -0.4 is 4.90 Å². The van der Waals surface area contributed by atoms with E-state index in [0.717, 1.165) is 10.9 Å². The van der Waals surface area contributed by atoms with Gasteiger partial charge in [0.1, 0.15) is 22.6 Å². The number of ether oxygens (including phenoxy) is 1. The lowest BCUT2D eigenvalue weighted by atomic mass is 10.1. The lowest BCUT2D eigenvalue weighted by Crippen LogP contribution is -2.34. The van der Waals surface area contributed by atoms with Gasteiger partial charge < -0.3 is 13.9 Å². The SMILES string of the molecule is [C-]#[N+]c1cc(F)cc(-c2cc3c4c(ncn4C)c(N(C)C(=O)OC(C)(C)C)nc3n2C)c1. The third-order valence-corrected chi connectivity index (χ3v) is 5.11. The number of aryl methyl sites for hydroxylation is 2. The summed E-state index contributed by atoms with van der Waals surface area (Å²) in [5, 5.41) is 0.799. The van der Waals surface area contributed by atoms with Gasteiger partial charge in [-0.2, -0.15) is 0 Å². The minimum absolute atomic E-state index is 0.217. The van der Waals surface area contributed by atoms with E-state index in [-0.39, 0.29) is 5.69 Å². The highest BCUT2D eigenvalue weighted by Crippen LogP contribution is 2.36. The molecule has 0 spiro atoms. The van der Waals surface area contributed by atoms with Crippen molar-refractivity contribution in [1.82, 2.24) is 19.1 Å². The number of halogens is 1. The van der Waals surface area contributed by atoms with Crippen molar-refractivity contribution in [1.29, 1.82) is 0 Å². The van der Waals surface area contributed by atoms with Crippen molar-refractivity contribution in [2.24, 2.45) is 14.1 Å². The molecule has 0 aliphatic rings. The molecule has 8 nitrogen and oxygen atoms in total. The Morgan fingerprint density at radius 2 is 1.94 bits per heavy atom. The third kappa shape index (κ3) is 3.54. The van der Waals surface area contributed by atoms with Crippen LogP contribution in [0.15, 0.2) is 30.6 Å². The van der Waals surface area contributed by atoms with Gasteiger partial charge in [-0.1, -0.05) is 0 Å². The van der Waals surface area contributed by atoms with Crippen molar-refractivity contribution in [2.75, 3.05) is 11.9 Å². The average molecular weight is 434 g/mol. The number of carbonyl (C=O) groups excluding carboxylic acids is 1. The summed E-state index contributed by atoms with van der Waals surface area (Å²) < 4.78 is 23.3. The smallest absolute Gasteiger partial charge is 0.415 e. The zero-order chi connectivity index (χ0) is 23.4. The number of pyridine rings is 1. The maximum Gasteiger partial charge on any atom is 0.415 e. The fourth-order valence-electron chi connectivity index (χ4n) is 3.68. The van der Waals surface area contributed by atoms with Gasteiger partial charge >= 0.3 is 6.09 Å². The number of benzene rings is 1. The summed E-state index contributed by atoms with van der Waals surface area (Å²) in [6.07, 6.45) is 1.11. The van der Waals surface area contributed by atoms with Crippen LogP contribution in [0.5, 0.6) is 0 Å². The van der Waals surface area contributed by atoms with E-state index >= 15 is 0 Å². The molecule has 0 aliphatic carbocycles. The number of carbonyl (C=O) groups is 1. The van der Waals surface area contributed by atoms with Crippen molar-refractivity contribution in [3.63, 3.8) is 0 Å². The van der Waals surface area contributed by atoms with E-state index in [1.54, 1.807) is 40.2 Å². The first-order valence-electron chi connectivity index (χ1n) is 9.95. The fraction of sp³-hybridized carbons (Fsp3) is 0.304. The third-order valence-electron chi connectivity index (χ3n) is 5.11. The van der Waals surface area contributed by atoms with Gasteiger partial charge in [-0.25, -0.2) is 24.0 Å². The van der Waals surface area contributed by atoms with E-state index in [0.29, 0.717) is 28.2 Å². The summed E-state index contributed by atoms with van der Waals surface area (Å²) in [5.41, 5.74) is 2.74. The van der Waals surface area contributed by atoms with Crippen molar-refractivity contribution in [3.05, 3.63) is 47.8 Å². The van der Waals surface area contributed by atoms with E-state index in [2.05, 4.69) is 9.83 Å². The van der Waals surface area contributed by atoms with E-state index in [9.17, 15) is 9.18 Å². The molecule has 4 aromatic rings. The molecule has 0 atom stereocenters. The molecule has 0 saturated heterocycles. The predicted molar refractivity (Wildman–Crippen MR) is 121 cm³/mol.